The van der Waals surface area contributed by atoms with Crippen LogP contribution in [0.2, 0.25) is 0 Å². The van der Waals surface area contributed by atoms with Gasteiger partial charge in [0.05, 0.1) is 0 Å². The zero-order valence-electron chi connectivity index (χ0n) is 14.5. The highest BCUT2D eigenvalue weighted by atomic mass is 14.9. The van der Waals surface area contributed by atoms with Crippen molar-refractivity contribution in [2.24, 2.45) is 0 Å². The predicted octanol–water partition coefficient (Wildman–Crippen LogP) is 6.53. The maximum Gasteiger partial charge on any atom is 0.0414 e. The van der Waals surface area contributed by atoms with Gasteiger partial charge in [-0.25, -0.2) is 0 Å². The average molecular weight is 313 g/mol. The Kier molecular flexibility index (Phi) is 4.81. The lowest BCUT2D eigenvalue weighted by molar-refractivity contribution is 1.37. The Labute approximate surface area is 144 Å². The average Bonchev–Trinajstić information content (AvgIpc) is 2.58. The van der Waals surface area contributed by atoms with Gasteiger partial charge in [-0.05, 0) is 55.7 Å². The number of anilines is 2. The first-order valence-corrected chi connectivity index (χ1v) is 8.29. The molecule has 0 spiro atoms. The second-order valence-electron chi connectivity index (χ2n) is 6.31. The molecule has 0 fully saturated rings. The van der Waals surface area contributed by atoms with E-state index in [1.165, 1.54) is 27.8 Å². The van der Waals surface area contributed by atoms with Crippen molar-refractivity contribution in [3.05, 3.63) is 94.5 Å². The maximum atomic E-state index is 3.48. The summed E-state index contributed by atoms with van der Waals surface area (Å²) in [5, 5.41) is 3.48. The van der Waals surface area contributed by atoms with Gasteiger partial charge in [0.1, 0.15) is 0 Å². The van der Waals surface area contributed by atoms with Gasteiger partial charge in [-0.15, -0.1) is 0 Å². The van der Waals surface area contributed by atoms with Gasteiger partial charge in [0, 0.05) is 11.4 Å². The van der Waals surface area contributed by atoms with Gasteiger partial charge in [0.2, 0.25) is 0 Å². The van der Waals surface area contributed by atoms with Gasteiger partial charge in [-0.1, -0.05) is 71.8 Å². The molecule has 0 saturated carbocycles. The van der Waals surface area contributed by atoms with E-state index in [0.29, 0.717) is 0 Å². The highest BCUT2D eigenvalue weighted by Crippen LogP contribution is 2.22. The molecule has 3 rings (SSSR count). The number of rotatable bonds is 4. The third-order valence-electron chi connectivity index (χ3n) is 4.12. The second kappa shape index (κ2) is 7.18. The first-order chi connectivity index (χ1) is 11.6. The standard InChI is InChI=1S/C23H23N/c1-17-4-7-20(8-5-17)9-10-21-11-13-22(14-12-21)24-23-15-6-18(2)16-19(23)3/h4-16,24H,1-3H3/b10-9+. The fraction of sp³-hybridized carbons (Fsp3) is 0.130. The van der Waals surface area contributed by atoms with Gasteiger partial charge in [0.15, 0.2) is 0 Å². The van der Waals surface area contributed by atoms with E-state index in [9.17, 15) is 0 Å². The van der Waals surface area contributed by atoms with E-state index in [1.807, 2.05) is 0 Å². The van der Waals surface area contributed by atoms with Crippen LogP contribution in [-0.4, -0.2) is 0 Å². The highest BCUT2D eigenvalue weighted by molar-refractivity contribution is 5.71. The van der Waals surface area contributed by atoms with E-state index < -0.39 is 0 Å². The molecule has 24 heavy (non-hydrogen) atoms. The fourth-order valence-electron chi connectivity index (χ4n) is 2.66. The van der Waals surface area contributed by atoms with Crippen molar-refractivity contribution in [3.8, 4) is 0 Å². The summed E-state index contributed by atoms with van der Waals surface area (Å²) in [6, 6.07) is 23.5. The van der Waals surface area contributed by atoms with Crippen molar-refractivity contribution in [3.63, 3.8) is 0 Å². The molecule has 0 aliphatic rings. The largest absolute Gasteiger partial charge is 0.355 e. The van der Waals surface area contributed by atoms with E-state index in [4.69, 9.17) is 0 Å². The molecule has 0 aliphatic heterocycles. The molecule has 120 valence electrons. The summed E-state index contributed by atoms with van der Waals surface area (Å²) in [5.41, 5.74) is 8.51. The molecule has 0 aliphatic carbocycles. The van der Waals surface area contributed by atoms with E-state index in [1.54, 1.807) is 0 Å². The predicted molar refractivity (Wildman–Crippen MR) is 106 cm³/mol. The van der Waals surface area contributed by atoms with Crippen LogP contribution in [0.25, 0.3) is 12.2 Å². The van der Waals surface area contributed by atoms with Gasteiger partial charge < -0.3 is 5.32 Å². The van der Waals surface area contributed by atoms with E-state index in [-0.39, 0.29) is 0 Å². The Bertz CT molecular complexity index is 840. The number of aryl methyl sites for hydroxylation is 3. The number of benzene rings is 3. The molecule has 0 atom stereocenters. The summed E-state index contributed by atoms with van der Waals surface area (Å²) in [7, 11) is 0. The first kappa shape index (κ1) is 16.1. The minimum absolute atomic E-state index is 1.11. The number of nitrogens with one attached hydrogen (secondary N) is 1. The summed E-state index contributed by atoms with van der Waals surface area (Å²) in [6.07, 6.45) is 4.29. The van der Waals surface area contributed by atoms with E-state index in [0.717, 1.165) is 11.4 Å². The molecule has 1 heteroatoms. The van der Waals surface area contributed by atoms with Gasteiger partial charge in [0.25, 0.3) is 0 Å². The molecule has 0 aromatic heterocycles. The van der Waals surface area contributed by atoms with Crippen molar-refractivity contribution in [1.29, 1.82) is 0 Å². The smallest absolute Gasteiger partial charge is 0.0414 e. The third kappa shape index (κ3) is 4.14. The van der Waals surface area contributed by atoms with Crippen LogP contribution in [0.1, 0.15) is 27.8 Å². The van der Waals surface area contributed by atoms with Gasteiger partial charge in [-0.2, -0.15) is 0 Å². The van der Waals surface area contributed by atoms with Crippen LogP contribution in [0.4, 0.5) is 11.4 Å². The van der Waals surface area contributed by atoms with Crippen LogP contribution in [-0.2, 0) is 0 Å². The van der Waals surface area contributed by atoms with Crippen molar-refractivity contribution in [1.82, 2.24) is 0 Å². The zero-order valence-corrected chi connectivity index (χ0v) is 14.5. The van der Waals surface area contributed by atoms with Crippen molar-refractivity contribution in [2.45, 2.75) is 20.8 Å². The normalized spacial score (nSPS) is 11.0. The molecule has 0 saturated heterocycles. The Hall–Kier alpha value is -2.80. The van der Waals surface area contributed by atoms with Gasteiger partial charge in [-0.3, -0.25) is 0 Å². The Morgan fingerprint density at radius 2 is 1.17 bits per heavy atom. The minimum Gasteiger partial charge on any atom is -0.355 e. The van der Waals surface area contributed by atoms with Crippen molar-refractivity contribution in [2.75, 3.05) is 5.32 Å². The molecule has 0 unspecified atom stereocenters. The summed E-state index contributed by atoms with van der Waals surface area (Å²) in [5.74, 6) is 0. The van der Waals surface area contributed by atoms with Crippen LogP contribution in [0.3, 0.4) is 0 Å². The highest BCUT2D eigenvalue weighted by Gasteiger charge is 1.99. The summed E-state index contributed by atoms with van der Waals surface area (Å²) in [4.78, 5) is 0. The molecule has 0 bridgehead atoms. The number of hydrogen-bond acceptors (Lipinski definition) is 1. The molecule has 0 heterocycles. The fourth-order valence-corrected chi connectivity index (χ4v) is 2.66. The van der Waals surface area contributed by atoms with Crippen LogP contribution >= 0.6 is 0 Å². The topological polar surface area (TPSA) is 12.0 Å². The quantitative estimate of drug-likeness (QED) is 0.540. The van der Waals surface area contributed by atoms with Crippen LogP contribution < -0.4 is 5.32 Å². The van der Waals surface area contributed by atoms with Crippen LogP contribution in [0.5, 0.6) is 0 Å². The molecular weight excluding hydrogens is 290 g/mol. The summed E-state index contributed by atoms with van der Waals surface area (Å²) in [6.45, 7) is 6.36. The minimum atomic E-state index is 1.11. The van der Waals surface area contributed by atoms with E-state index >= 15 is 0 Å². The third-order valence-corrected chi connectivity index (χ3v) is 4.12. The zero-order chi connectivity index (χ0) is 16.9. The molecule has 0 radical (unpaired) electrons. The molecule has 1 nitrogen and oxygen atoms in total. The monoisotopic (exact) mass is 313 g/mol. The second-order valence-corrected chi connectivity index (χ2v) is 6.31. The maximum absolute atomic E-state index is 3.48. The van der Waals surface area contributed by atoms with E-state index in [2.05, 4.69) is 105 Å². The number of hydrogen-bond donors (Lipinski definition) is 1. The van der Waals surface area contributed by atoms with Crippen LogP contribution in [0.15, 0.2) is 66.7 Å². The van der Waals surface area contributed by atoms with Crippen molar-refractivity contribution < 1.29 is 0 Å². The van der Waals surface area contributed by atoms with Gasteiger partial charge >= 0.3 is 0 Å². The Morgan fingerprint density at radius 1 is 0.625 bits per heavy atom. The molecule has 0 amide bonds. The van der Waals surface area contributed by atoms with Crippen LogP contribution in [0, 0.1) is 20.8 Å². The SMILES string of the molecule is Cc1ccc(/C=C/c2ccc(Nc3ccc(C)cc3C)cc2)cc1. The molecule has 1 N–H and O–H groups in total. The Morgan fingerprint density at radius 3 is 1.75 bits per heavy atom. The summed E-state index contributed by atoms with van der Waals surface area (Å²) >= 11 is 0. The summed E-state index contributed by atoms with van der Waals surface area (Å²) < 4.78 is 0. The lowest BCUT2D eigenvalue weighted by atomic mass is 10.1. The van der Waals surface area contributed by atoms with Crippen molar-refractivity contribution >= 4 is 23.5 Å². The first-order valence-electron chi connectivity index (χ1n) is 8.29. The lowest BCUT2D eigenvalue weighted by Gasteiger charge is -2.10. The molecule has 3 aromatic carbocycles. The molecule has 3 aromatic rings. The Balaban J connectivity index is 1.70. The lowest BCUT2D eigenvalue weighted by Crippen LogP contribution is -1.93. The molecular formula is C23H23N.